The van der Waals surface area contributed by atoms with E-state index in [1.807, 2.05) is 6.07 Å². The number of alkyl halides is 3. The van der Waals surface area contributed by atoms with E-state index in [0.29, 0.717) is 15.7 Å². The number of nitrogen functional groups attached to an aromatic ring is 1. The molecule has 0 saturated carbocycles. The molecule has 0 amide bonds. The molecule has 3 N–H and O–H groups in total. The topological polar surface area (TPSA) is 61.8 Å². The average Bonchev–Trinajstić information content (AvgIpc) is 2.41. The number of nitrogens with one attached hydrogen (secondary N) is 1. The monoisotopic (exact) mass is 355 g/mol. The lowest BCUT2D eigenvalue weighted by molar-refractivity contribution is -0.136. The summed E-state index contributed by atoms with van der Waals surface area (Å²) in [4.78, 5) is 0. The van der Waals surface area contributed by atoms with Gasteiger partial charge in [0.1, 0.15) is 6.07 Å². The van der Waals surface area contributed by atoms with E-state index in [-0.39, 0.29) is 11.4 Å². The van der Waals surface area contributed by atoms with Crippen molar-refractivity contribution in [1.82, 2.24) is 0 Å². The number of rotatable bonds is 2. The van der Waals surface area contributed by atoms with Crippen molar-refractivity contribution < 1.29 is 13.2 Å². The van der Waals surface area contributed by atoms with Gasteiger partial charge < -0.3 is 11.1 Å². The lowest BCUT2D eigenvalue weighted by Crippen LogP contribution is -2.09. The van der Waals surface area contributed by atoms with Gasteiger partial charge in [0.05, 0.1) is 16.8 Å². The van der Waals surface area contributed by atoms with Gasteiger partial charge in [-0.15, -0.1) is 0 Å². The van der Waals surface area contributed by atoms with Gasteiger partial charge in [0.15, 0.2) is 0 Å². The van der Waals surface area contributed by atoms with Gasteiger partial charge in [0.2, 0.25) is 0 Å². The van der Waals surface area contributed by atoms with Crippen LogP contribution >= 0.6 is 15.9 Å². The summed E-state index contributed by atoms with van der Waals surface area (Å²) in [7, 11) is 0. The summed E-state index contributed by atoms with van der Waals surface area (Å²) in [6.45, 7) is 0. The predicted molar refractivity (Wildman–Crippen MR) is 78.0 cm³/mol. The van der Waals surface area contributed by atoms with E-state index in [4.69, 9.17) is 11.0 Å². The zero-order chi connectivity index (χ0) is 15.6. The lowest BCUT2D eigenvalue weighted by atomic mass is 10.1. The van der Waals surface area contributed by atoms with E-state index in [9.17, 15) is 13.2 Å². The smallest absolute Gasteiger partial charge is 0.398 e. The van der Waals surface area contributed by atoms with Gasteiger partial charge in [-0.25, -0.2) is 0 Å². The molecule has 2 rings (SSSR count). The van der Waals surface area contributed by atoms with Crippen LogP contribution in [-0.4, -0.2) is 0 Å². The number of anilines is 3. The van der Waals surface area contributed by atoms with E-state index in [2.05, 4.69) is 21.2 Å². The van der Waals surface area contributed by atoms with Crippen molar-refractivity contribution in [2.24, 2.45) is 0 Å². The lowest BCUT2D eigenvalue weighted by Gasteiger charge is -2.13. The SMILES string of the molecule is N#Cc1cc(Br)ccc1Nc1ccc(N)c(C(F)(F)F)c1. The van der Waals surface area contributed by atoms with Gasteiger partial charge in [-0.3, -0.25) is 0 Å². The van der Waals surface area contributed by atoms with Crippen LogP contribution in [0.25, 0.3) is 0 Å². The summed E-state index contributed by atoms with van der Waals surface area (Å²) in [5.41, 5.74) is 5.02. The third kappa shape index (κ3) is 3.47. The highest BCUT2D eigenvalue weighted by molar-refractivity contribution is 9.10. The van der Waals surface area contributed by atoms with Crippen LogP contribution in [0.3, 0.4) is 0 Å². The summed E-state index contributed by atoms with van der Waals surface area (Å²) < 4.78 is 39.1. The third-order valence-electron chi connectivity index (χ3n) is 2.74. The van der Waals surface area contributed by atoms with E-state index in [1.54, 1.807) is 18.2 Å². The minimum absolute atomic E-state index is 0.204. The van der Waals surface area contributed by atoms with Gasteiger partial charge in [-0.2, -0.15) is 18.4 Å². The zero-order valence-corrected chi connectivity index (χ0v) is 12.1. The maximum absolute atomic E-state index is 12.8. The summed E-state index contributed by atoms with van der Waals surface area (Å²) in [5.74, 6) is 0. The van der Waals surface area contributed by atoms with Crippen LogP contribution in [0.2, 0.25) is 0 Å². The number of nitrogens with two attached hydrogens (primary N) is 1. The molecular weight excluding hydrogens is 347 g/mol. The van der Waals surface area contributed by atoms with Crippen molar-refractivity contribution in [2.45, 2.75) is 6.18 Å². The molecule has 0 heterocycles. The Morgan fingerprint density at radius 2 is 1.86 bits per heavy atom. The molecule has 0 unspecified atom stereocenters. The van der Waals surface area contributed by atoms with Crippen LogP contribution < -0.4 is 11.1 Å². The van der Waals surface area contributed by atoms with E-state index < -0.39 is 11.7 Å². The molecule has 7 heteroatoms. The molecule has 0 bridgehead atoms. The molecule has 2 aromatic carbocycles. The average molecular weight is 356 g/mol. The maximum Gasteiger partial charge on any atom is 0.418 e. The van der Waals surface area contributed by atoms with E-state index in [1.165, 1.54) is 12.1 Å². The van der Waals surface area contributed by atoms with Crippen LogP contribution in [-0.2, 0) is 6.18 Å². The molecule has 0 spiro atoms. The van der Waals surface area contributed by atoms with E-state index >= 15 is 0 Å². The largest absolute Gasteiger partial charge is 0.418 e. The maximum atomic E-state index is 12.8. The first kappa shape index (κ1) is 15.2. The zero-order valence-electron chi connectivity index (χ0n) is 10.5. The molecule has 0 radical (unpaired) electrons. The van der Waals surface area contributed by atoms with Crippen molar-refractivity contribution in [1.29, 1.82) is 5.26 Å². The van der Waals surface area contributed by atoms with Gasteiger partial charge >= 0.3 is 6.18 Å². The second kappa shape index (κ2) is 5.66. The normalized spacial score (nSPS) is 11.0. The van der Waals surface area contributed by atoms with Crippen molar-refractivity contribution in [3.63, 3.8) is 0 Å². The first-order chi connectivity index (χ1) is 9.81. The first-order valence-corrected chi connectivity index (χ1v) is 6.54. The number of hydrogen-bond donors (Lipinski definition) is 2. The molecule has 108 valence electrons. The summed E-state index contributed by atoms with van der Waals surface area (Å²) >= 11 is 3.23. The highest BCUT2D eigenvalue weighted by atomic mass is 79.9. The minimum Gasteiger partial charge on any atom is -0.398 e. The van der Waals surface area contributed by atoms with Gasteiger partial charge in [-0.05, 0) is 36.4 Å². The number of hydrogen-bond acceptors (Lipinski definition) is 3. The number of nitriles is 1. The molecule has 0 aliphatic rings. The fraction of sp³-hybridized carbons (Fsp3) is 0.0714. The highest BCUT2D eigenvalue weighted by Gasteiger charge is 2.33. The van der Waals surface area contributed by atoms with Crippen LogP contribution in [0.4, 0.5) is 30.2 Å². The van der Waals surface area contributed by atoms with E-state index in [0.717, 1.165) is 6.07 Å². The Hall–Kier alpha value is -2.20. The van der Waals surface area contributed by atoms with Crippen LogP contribution in [0.1, 0.15) is 11.1 Å². The molecular formula is C14H9BrF3N3. The summed E-state index contributed by atoms with van der Waals surface area (Å²) in [6, 6.07) is 10.4. The summed E-state index contributed by atoms with van der Waals surface area (Å²) in [5, 5.41) is 11.8. The Morgan fingerprint density at radius 3 is 2.48 bits per heavy atom. The predicted octanol–water partition coefficient (Wildman–Crippen LogP) is 4.67. The fourth-order valence-corrected chi connectivity index (χ4v) is 2.11. The van der Waals surface area contributed by atoms with Crippen molar-refractivity contribution >= 4 is 33.0 Å². The molecule has 21 heavy (non-hydrogen) atoms. The first-order valence-electron chi connectivity index (χ1n) is 5.74. The standard InChI is InChI=1S/C14H9BrF3N3/c15-9-1-4-13(8(5-9)7-19)21-10-2-3-12(20)11(6-10)14(16,17)18/h1-6,21H,20H2. The molecule has 0 aliphatic carbocycles. The van der Waals surface area contributed by atoms with Crippen LogP contribution in [0, 0.1) is 11.3 Å². The number of benzene rings is 2. The second-order valence-electron chi connectivity index (χ2n) is 4.23. The number of nitrogens with zero attached hydrogens (tertiary/aromatic N) is 1. The minimum atomic E-state index is -4.53. The molecule has 2 aromatic rings. The van der Waals surface area contributed by atoms with Crippen LogP contribution in [0.15, 0.2) is 40.9 Å². The molecule has 0 aromatic heterocycles. The number of halogens is 4. The molecule has 0 saturated heterocycles. The Morgan fingerprint density at radius 1 is 1.14 bits per heavy atom. The quantitative estimate of drug-likeness (QED) is 0.769. The fourth-order valence-electron chi connectivity index (χ4n) is 1.75. The Balaban J connectivity index is 2.40. The second-order valence-corrected chi connectivity index (χ2v) is 5.14. The van der Waals surface area contributed by atoms with Crippen molar-refractivity contribution in [3.05, 3.63) is 52.0 Å². The Bertz CT molecular complexity index is 720. The highest BCUT2D eigenvalue weighted by Crippen LogP contribution is 2.36. The molecule has 0 aliphatic heterocycles. The van der Waals surface area contributed by atoms with Crippen molar-refractivity contribution in [2.75, 3.05) is 11.1 Å². The van der Waals surface area contributed by atoms with Gasteiger partial charge in [-0.1, -0.05) is 15.9 Å². The van der Waals surface area contributed by atoms with Gasteiger partial charge in [0, 0.05) is 15.8 Å². The third-order valence-corrected chi connectivity index (χ3v) is 3.23. The van der Waals surface area contributed by atoms with Crippen molar-refractivity contribution in [3.8, 4) is 6.07 Å². The Kier molecular flexibility index (Phi) is 4.09. The molecule has 0 fully saturated rings. The van der Waals surface area contributed by atoms with Gasteiger partial charge in [0.25, 0.3) is 0 Å². The Labute approximate surface area is 127 Å². The van der Waals surface area contributed by atoms with Crippen LogP contribution in [0.5, 0.6) is 0 Å². The summed E-state index contributed by atoms with van der Waals surface area (Å²) in [6.07, 6.45) is -4.53. The molecule has 3 nitrogen and oxygen atoms in total. The molecule has 0 atom stereocenters.